The Balaban J connectivity index is 2.27. The van der Waals surface area contributed by atoms with Crippen LogP contribution in [0.1, 0.15) is 6.42 Å². The Labute approximate surface area is 74.9 Å². The number of aliphatic hydroxyl groups excluding tert-OH is 1. The van der Waals surface area contributed by atoms with Crippen LogP contribution in [0.4, 0.5) is 0 Å². The SMILES string of the molecule is O=C(O)CNC(=O)[C@@H]1C[C@H](O)CN1. The van der Waals surface area contributed by atoms with E-state index in [1.54, 1.807) is 0 Å². The average molecular weight is 188 g/mol. The maximum atomic E-state index is 11.1. The van der Waals surface area contributed by atoms with Gasteiger partial charge in [0.25, 0.3) is 0 Å². The predicted molar refractivity (Wildman–Crippen MR) is 43.1 cm³/mol. The molecule has 6 nitrogen and oxygen atoms in total. The van der Waals surface area contributed by atoms with Gasteiger partial charge in [0.05, 0.1) is 12.1 Å². The molecular formula is C7H12N2O4. The smallest absolute Gasteiger partial charge is 0.322 e. The Morgan fingerprint density at radius 2 is 2.23 bits per heavy atom. The van der Waals surface area contributed by atoms with Gasteiger partial charge >= 0.3 is 5.97 Å². The molecule has 2 atom stereocenters. The van der Waals surface area contributed by atoms with Crippen LogP contribution in [0.25, 0.3) is 0 Å². The molecule has 0 unspecified atom stereocenters. The van der Waals surface area contributed by atoms with Crippen molar-refractivity contribution in [1.82, 2.24) is 10.6 Å². The van der Waals surface area contributed by atoms with Gasteiger partial charge in [-0.15, -0.1) is 0 Å². The summed E-state index contributed by atoms with van der Waals surface area (Å²) in [6, 6.07) is -0.464. The lowest BCUT2D eigenvalue weighted by molar-refractivity contribution is -0.138. The second-order valence-corrected chi connectivity index (χ2v) is 2.96. The third kappa shape index (κ3) is 3.00. The fourth-order valence-corrected chi connectivity index (χ4v) is 1.20. The van der Waals surface area contributed by atoms with Gasteiger partial charge in [0.15, 0.2) is 0 Å². The average Bonchev–Trinajstić information content (AvgIpc) is 2.47. The molecule has 0 aromatic rings. The van der Waals surface area contributed by atoms with E-state index in [1.807, 2.05) is 0 Å². The van der Waals surface area contributed by atoms with Crippen molar-refractivity contribution in [3.8, 4) is 0 Å². The maximum absolute atomic E-state index is 11.1. The van der Waals surface area contributed by atoms with E-state index in [4.69, 9.17) is 10.2 Å². The van der Waals surface area contributed by atoms with Gasteiger partial charge in [-0.3, -0.25) is 9.59 Å². The Kier molecular flexibility index (Phi) is 3.21. The number of carboxylic acids is 1. The Hall–Kier alpha value is -1.14. The Morgan fingerprint density at radius 1 is 1.54 bits per heavy atom. The number of β-amino-alcohol motifs (C(OH)–C–C–N with tert-alkyl or cyclic N) is 1. The van der Waals surface area contributed by atoms with Gasteiger partial charge in [0.2, 0.25) is 5.91 Å². The van der Waals surface area contributed by atoms with E-state index < -0.39 is 18.1 Å². The van der Waals surface area contributed by atoms with Crippen molar-refractivity contribution in [2.75, 3.05) is 13.1 Å². The van der Waals surface area contributed by atoms with Crippen molar-refractivity contribution in [2.24, 2.45) is 0 Å². The van der Waals surface area contributed by atoms with Crippen LogP contribution >= 0.6 is 0 Å². The number of hydrogen-bond donors (Lipinski definition) is 4. The minimum absolute atomic E-state index is 0.339. The molecule has 4 N–H and O–H groups in total. The topological polar surface area (TPSA) is 98.7 Å². The van der Waals surface area contributed by atoms with Crippen LogP contribution in [0.15, 0.2) is 0 Å². The Bertz CT molecular complexity index is 219. The van der Waals surface area contributed by atoms with Gasteiger partial charge < -0.3 is 20.8 Å². The molecule has 1 aliphatic heterocycles. The molecule has 74 valence electrons. The fourth-order valence-electron chi connectivity index (χ4n) is 1.20. The molecule has 1 rings (SSSR count). The summed E-state index contributed by atoms with van der Waals surface area (Å²) >= 11 is 0. The highest BCUT2D eigenvalue weighted by atomic mass is 16.4. The molecule has 6 heteroatoms. The molecule has 0 aromatic heterocycles. The number of aliphatic carboxylic acids is 1. The molecule has 1 saturated heterocycles. The van der Waals surface area contributed by atoms with Crippen LogP contribution in [0.3, 0.4) is 0 Å². The maximum Gasteiger partial charge on any atom is 0.322 e. The van der Waals surface area contributed by atoms with Crippen molar-refractivity contribution in [3.05, 3.63) is 0 Å². The number of carbonyl (C=O) groups excluding carboxylic acids is 1. The molecule has 1 amide bonds. The number of nitrogens with one attached hydrogen (secondary N) is 2. The predicted octanol–water partition coefficient (Wildman–Crippen LogP) is -2.09. The van der Waals surface area contributed by atoms with Gasteiger partial charge in [-0.25, -0.2) is 0 Å². The molecular weight excluding hydrogens is 176 g/mol. The van der Waals surface area contributed by atoms with Gasteiger partial charge in [-0.1, -0.05) is 0 Å². The number of aliphatic hydroxyl groups is 1. The molecule has 0 radical (unpaired) electrons. The molecule has 1 heterocycles. The van der Waals surface area contributed by atoms with Crippen LogP contribution in [0.5, 0.6) is 0 Å². The molecule has 0 bridgehead atoms. The monoisotopic (exact) mass is 188 g/mol. The third-order valence-corrected chi connectivity index (χ3v) is 1.84. The lowest BCUT2D eigenvalue weighted by Gasteiger charge is -2.08. The molecule has 0 aromatic carbocycles. The second-order valence-electron chi connectivity index (χ2n) is 2.96. The first-order valence-corrected chi connectivity index (χ1v) is 4.00. The molecule has 1 aliphatic rings. The summed E-state index contributed by atoms with van der Waals surface area (Å²) < 4.78 is 0. The largest absolute Gasteiger partial charge is 0.480 e. The van der Waals surface area contributed by atoms with Gasteiger partial charge in [0.1, 0.15) is 6.54 Å². The van der Waals surface area contributed by atoms with Crippen LogP contribution in [0.2, 0.25) is 0 Å². The summed E-state index contributed by atoms with van der Waals surface area (Å²) in [5, 5.41) is 22.3. The lowest BCUT2D eigenvalue weighted by Crippen LogP contribution is -2.42. The summed E-state index contributed by atoms with van der Waals surface area (Å²) in [6.45, 7) is -0.00172. The van der Waals surface area contributed by atoms with Gasteiger partial charge in [-0.2, -0.15) is 0 Å². The van der Waals surface area contributed by atoms with Gasteiger partial charge in [0, 0.05) is 6.54 Å². The van der Waals surface area contributed by atoms with E-state index in [2.05, 4.69) is 10.6 Å². The van der Waals surface area contributed by atoms with Crippen LogP contribution < -0.4 is 10.6 Å². The first-order chi connectivity index (χ1) is 6.09. The summed E-state index contributed by atoms with van der Waals surface area (Å²) in [7, 11) is 0. The number of carbonyl (C=O) groups is 2. The van der Waals surface area contributed by atoms with E-state index >= 15 is 0 Å². The minimum Gasteiger partial charge on any atom is -0.480 e. The minimum atomic E-state index is -1.08. The zero-order chi connectivity index (χ0) is 9.84. The molecule has 0 saturated carbocycles. The molecule has 13 heavy (non-hydrogen) atoms. The first-order valence-electron chi connectivity index (χ1n) is 4.00. The number of rotatable bonds is 3. The van der Waals surface area contributed by atoms with Crippen molar-refractivity contribution in [1.29, 1.82) is 0 Å². The van der Waals surface area contributed by atoms with E-state index in [1.165, 1.54) is 0 Å². The van der Waals surface area contributed by atoms with E-state index in [0.29, 0.717) is 13.0 Å². The second kappa shape index (κ2) is 4.20. The summed E-state index contributed by atoms with van der Waals surface area (Å²) in [6.07, 6.45) is -0.175. The lowest BCUT2D eigenvalue weighted by atomic mass is 10.2. The standard InChI is InChI=1S/C7H12N2O4/c10-4-1-5(8-2-4)7(13)9-3-6(11)12/h4-5,8,10H,1-3H2,(H,9,13)(H,11,12)/t4-,5-/m0/s1. The number of hydrogen-bond acceptors (Lipinski definition) is 4. The van der Waals surface area contributed by atoms with Crippen LogP contribution in [-0.4, -0.2) is 47.3 Å². The molecule has 0 spiro atoms. The number of carboxylic acid groups (broad SMARTS) is 1. The van der Waals surface area contributed by atoms with Gasteiger partial charge in [-0.05, 0) is 6.42 Å². The normalized spacial score (nSPS) is 27.2. The van der Waals surface area contributed by atoms with Crippen molar-refractivity contribution in [3.63, 3.8) is 0 Å². The quantitative estimate of drug-likeness (QED) is 0.407. The highest BCUT2D eigenvalue weighted by Gasteiger charge is 2.27. The van der Waals surface area contributed by atoms with Crippen LogP contribution in [0, 0.1) is 0 Å². The first kappa shape index (κ1) is 9.94. The zero-order valence-electron chi connectivity index (χ0n) is 6.99. The summed E-state index contributed by atoms with van der Waals surface area (Å²) in [5.41, 5.74) is 0. The van der Waals surface area contributed by atoms with E-state index in [0.717, 1.165) is 0 Å². The van der Waals surface area contributed by atoms with Crippen molar-refractivity contribution >= 4 is 11.9 Å². The molecule has 1 fully saturated rings. The summed E-state index contributed by atoms with van der Waals surface area (Å²) in [4.78, 5) is 21.2. The number of amides is 1. The van der Waals surface area contributed by atoms with Crippen molar-refractivity contribution in [2.45, 2.75) is 18.6 Å². The van der Waals surface area contributed by atoms with Crippen LogP contribution in [-0.2, 0) is 9.59 Å². The molecule has 0 aliphatic carbocycles. The highest BCUT2D eigenvalue weighted by molar-refractivity contribution is 5.85. The zero-order valence-corrected chi connectivity index (χ0v) is 6.99. The highest BCUT2D eigenvalue weighted by Crippen LogP contribution is 2.05. The van der Waals surface area contributed by atoms with E-state index in [9.17, 15) is 9.59 Å². The van der Waals surface area contributed by atoms with E-state index in [-0.39, 0.29) is 12.5 Å². The Morgan fingerprint density at radius 3 is 2.69 bits per heavy atom. The van der Waals surface area contributed by atoms with Crippen molar-refractivity contribution < 1.29 is 19.8 Å². The fraction of sp³-hybridized carbons (Fsp3) is 0.714. The summed E-state index contributed by atoms with van der Waals surface area (Å²) in [5.74, 6) is -1.45. The third-order valence-electron chi connectivity index (χ3n) is 1.84.